The van der Waals surface area contributed by atoms with Gasteiger partial charge in [-0.15, -0.1) is 0 Å². The smallest absolute Gasteiger partial charge is 0.251 e. The van der Waals surface area contributed by atoms with E-state index >= 15 is 0 Å². The molecule has 26 heavy (non-hydrogen) atoms. The monoisotopic (exact) mass is 358 g/mol. The highest BCUT2D eigenvalue weighted by atomic mass is 19.2. The van der Waals surface area contributed by atoms with Gasteiger partial charge in [0.1, 0.15) is 0 Å². The SMILES string of the molecule is O=C(CNC(=O)c1cc(F)c(F)c(F)c1)Nc1cccc2ccccc12. The van der Waals surface area contributed by atoms with Gasteiger partial charge in [0.25, 0.3) is 5.91 Å². The lowest BCUT2D eigenvalue weighted by atomic mass is 10.1. The van der Waals surface area contributed by atoms with Crippen LogP contribution >= 0.6 is 0 Å². The predicted octanol–water partition coefficient (Wildman–Crippen LogP) is 3.63. The molecule has 4 nitrogen and oxygen atoms in total. The molecule has 0 heterocycles. The lowest BCUT2D eigenvalue weighted by Gasteiger charge is -2.10. The van der Waals surface area contributed by atoms with E-state index < -0.39 is 41.4 Å². The van der Waals surface area contributed by atoms with Crippen LogP contribution in [0.3, 0.4) is 0 Å². The Bertz CT molecular complexity index is 977. The summed E-state index contributed by atoms with van der Waals surface area (Å²) in [4.78, 5) is 23.9. The van der Waals surface area contributed by atoms with E-state index in [0.717, 1.165) is 10.8 Å². The number of benzene rings is 3. The number of hydrogen-bond donors (Lipinski definition) is 2. The topological polar surface area (TPSA) is 58.2 Å². The van der Waals surface area contributed by atoms with Crippen molar-refractivity contribution in [3.8, 4) is 0 Å². The van der Waals surface area contributed by atoms with Gasteiger partial charge in [-0.3, -0.25) is 9.59 Å². The predicted molar refractivity (Wildman–Crippen MR) is 91.2 cm³/mol. The van der Waals surface area contributed by atoms with Crippen molar-refractivity contribution in [1.29, 1.82) is 0 Å². The Labute approximate surface area is 146 Å². The molecule has 0 aliphatic rings. The number of amides is 2. The Morgan fingerprint density at radius 3 is 2.27 bits per heavy atom. The van der Waals surface area contributed by atoms with Crippen LogP contribution in [0.25, 0.3) is 10.8 Å². The number of hydrogen-bond acceptors (Lipinski definition) is 2. The van der Waals surface area contributed by atoms with E-state index in [-0.39, 0.29) is 0 Å². The minimum absolute atomic E-state index is 0.414. The van der Waals surface area contributed by atoms with Gasteiger partial charge < -0.3 is 10.6 Å². The Morgan fingerprint density at radius 1 is 0.885 bits per heavy atom. The molecule has 7 heteroatoms. The highest BCUT2D eigenvalue weighted by Crippen LogP contribution is 2.22. The first-order chi connectivity index (χ1) is 12.5. The molecule has 0 radical (unpaired) electrons. The van der Waals surface area contributed by atoms with Crippen molar-refractivity contribution in [3.63, 3.8) is 0 Å². The van der Waals surface area contributed by atoms with Gasteiger partial charge in [0.15, 0.2) is 17.5 Å². The molecule has 2 amide bonds. The van der Waals surface area contributed by atoms with Gasteiger partial charge in [0.05, 0.1) is 6.54 Å². The van der Waals surface area contributed by atoms with Gasteiger partial charge >= 0.3 is 0 Å². The zero-order valence-corrected chi connectivity index (χ0v) is 13.4. The van der Waals surface area contributed by atoms with Crippen LogP contribution in [0.2, 0.25) is 0 Å². The van der Waals surface area contributed by atoms with E-state index in [9.17, 15) is 22.8 Å². The van der Waals surface area contributed by atoms with Crippen LogP contribution in [0.5, 0.6) is 0 Å². The number of anilines is 1. The Morgan fingerprint density at radius 2 is 1.54 bits per heavy atom. The van der Waals surface area contributed by atoms with E-state index in [1.807, 2.05) is 30.3 Å². The first-order valence-electron chi connectivity index (χ1n) is 7.66. The molecule has 0 aliphatic heterocycles. The molecule has 0 atom stereocenters. The van der Waals surface area contributed by atoms with Gasteiger partial charge in [-0.05, 0) is 23.6 Å². The quantitative estimate of drug-likeness (QED) is 0.700. The molecule has 3 aromatic rings. The van der Waals surface area contributed by atoms with Crippen LogP contribution < -0.4 is 10.6 Å². The molecule has 0 aromatic heterocycles. The molecule has 0 saturated carbocycles. The van der Waals surface area contributed by atoms with E-state index in [2.05, 4.69) is 10.6 Å². The Kier molecular flexibility index (Phi) is 4.88. The number of carbonyl (C=O) groups is 2. The van der Waals surface area contributed by atoms with Crippen LogP contribution in [0.15, 0.2) is 54.6 Å². The van der Waals surface area contributed by atoms with E-state index in [1.165, 1.54) is 0 Å². The summed E-state index contributed by atoms with van der Waals surface area (Å²) in [6.45, 7) is -0.414. The fourth-order valence-corrected chi connectivity index (χ4v) is 2.48. The maximum Gasteiger partial charge on any atom is 0.251 e. The number of nitrogens with one attached hydrogen (secondary N) is 2. The maximum atomic E-state index is 13.2. The summed E-state index contributed by atoms with van der Waals surface area (Å²) in [5.74, 6) is -6.02. The molecule has 0 saturated heterocycles. The fraction of sp³-hybridized carbons (Fsp3) is 0.0526. The van der Waals surface area contributed by atoms with Crippen molar-refractivity contribution in [2.24, 2.45) is 0 Å². The number of rotatable bonds is 4. The summed E-state index contributed by atoms with van der Waals surface area (Å²) in [6.07, 6.45) is 0. The molecule has 132 valence electrons. The normalized spacial score (nSPS) is 10.6. The van der Waals surface area contributed by atoms with Crippen molar-refractivity contribution >= 4 is 28.3 Å². The first kappa shape index (κ1) is 17.5. The lowest BCUT2D eigenvalue weighted by Crippen LogP contribution is -2.33. The average molecular weight is 358 g/mol. The van der Waals surface area contributed by atoms with Crippen LogP contribution in [0.1, 0.15) is 10.4 Å². The third-order valence-electron chi connectivity index (χ3n) is 3.72. The molecule has 3 rings (SSSR count). The Hall–Kier alpha value is -3.35. The second-order valence-corrected chi connectivity index (χ2v) is 5.51. The molecule has 0 fully saturated rings. The third kappa shape index (κ3) is 3.66. The van der Waals surface area contributed by atoms with E-state index in [0.29, 0.717) is 17.8 Å². The summed E-state index contributed by atoms with van der Waals surface area (Å²) in [7, 11) is 0. The minimum Gasteiger partial charge on any atom is -0.343 e. The van der Waals surface area contributed by atoms with Gasteiger partial charge in [-0.2, -0.15) is 0 Å². The summed E-state index contributed by atoms with van der Waals surface area (Å²) in [6, 6.07) is 14.0. The van der Waals surface area contributed by atoms with Crippen molar-refractivity contribution in [3.05, 3.63) is 77.6 Å². The second kappa shape index (κ2) is 7.26. The minimum atomic E-state index is -1.66. The molecule has 0 aliphatic carbocycles. The lowest BCUT2D eigenvalue weighted by molar-refractivity contribution is -0.115. The van der Waals surface area contributed by atoms with Crippen molar-refractivity contribution in [2.75, 3.05) is 11.9 Å². The zero-order valence-electron chi connectivity index (χ0n) is 13.4. The van der Waals surface area contributed by atoms with E-state index in [1.54, 1.807) is 12.1 Å². The van der Waals surface area contributed by atoms with Crippen LogP contribution in [0.4, 0.5) is 18.9 Å². The molecule has 0 unspecified atom stereocenters. The molecule has 2 N–H and O–H groups in total. The third-order valence-corrected chi connectivity index (χ3v) is 3.72. The standard InChI is InChI=1S/C19H13F3N2O2/c20-14-8-12(9-15(21)18(14)22)19(26)23-10-17(25)24-16-7-3-5-11-4-1-2-6-13(11)16/h1-9H,10H2,(H,23,26)(H,24,25). The summed E-state index contributed by atoms with van der Waals surface area (Å²) >= 11 is 0. The number of halogens is 3. The van der Waals surface area contributed by atoms with Crippen LogP contribution in [-0.2, 0) is 4.79 Å². The summed E-state index contributed by atoms with van der Waals surface area (Å²) in [5, 5.41) is 6.66. The number of carbonyl (C=O) groups excluding carboxylic acids is 2. The highest BCUT2D eigenvalue weighted by molar-refractivity contribution is 6.04. The van der Waals surface area contributed by atoms with Crippen LogP contribution in [-0.4, -0.2) is 18.4 Å². The fourth-order valence-electron chi connectivity index (χ4n) is 2.48. The summed E-state index contributed by atoms with van der Waals surface area (Å²) < 4.78 is 39.2. The van der Waals surface area contributed by atoms with Gasteiger partial charge in [-0.1, -0.05) is 36.4 Å². The van der Waals surface area contributed by atoms with Crippen LogP contribution in [0, 0.1) is 17.5 Å². The molecular weight excluding hydrogens is 345 g/mol. The average Bonchev–Trinajstić information content (AvgIpc) is 2.64. The van der Waals surface area contributed by atoms with Crippen molar-refractivity contribution in [2.45, 2.75) is 0 Å². The van der Waals surface area contributed by atoms with Crippen molar-refractivity contribution in [1.82, 2.24) is 5.32 Å². The second-order valence-electron chi connectivity index (χ2n) is 5.51. The molecule has 3 aromatic carbocycles. The summed E-state index contributed by atoms with van der Waals surface area (Å²) in [5.41, 5.74) is 0.153. The van der Waals surface area contributed by atoms with E-state index in [4.69, 9.17) is 0 Å². The first-order valence-corrected chi connectivity index (χ1v) is 7.66. The molecular formula is C19H13F3N2O2. The maximum absolute atomic E-state index is 13.2. The molecule has 0 spiro atoms. The highest BCUT2D eigenvalue weighted by Gasteiger charge is 2.16. The van der Waals surface area contributed by atoms with Gasteiger partial charge in [0, 0.05) is 16.6 Å². The van der Waals surface area contributed by atoms with Crippen molar-refractivity contribution < 1.29 is 22.8 Å². The van der Waals surface area contributed by atoms with Gasteiger partial charge in [0.2, 0.25) is 5.91 Å². The zero-order chi connectivity index (χ0) is 18.7. The largest absolute Gasteiger partial charge is 0.343 e. The number of fused-ring (bicyclic) bond motifs is 1. The Balaban J connectivity index is 1.66. The van der Waals surface area contributed by atoms with Gasteiger partial charge in [-0.25, -0.2) is 13.2 Å². The molecule has 0 bridgehead atoms.